The van der Waals surface area contributed by atoms with Crippen molar-refractivity contribution in [3.8, 4) is 0 Å². The van der Waals surface area contributed by atoms with Crippen molar-refractivity contribution in [3.05, 3.63) is 80.2 Å². The lowest BCUT2D eigenvalue weighted by molar-refractivity contribution is -0.384. The van der Waals surface area contributed by atoms with Gasteiger partial charge in [0.05, 0.1) is 15.5 Å². The summed E-state index contributed by atoms with van der Waals surface area (Å²) in [4.78, 5) is 31.0. The van der Waals surface area contributed by atoms with Crippen LogP contribution in [-0.2, 0) is 6.42 Å². The number of hydrogen-bond donors (Lipinski definition) is 1. The second-order valence-electron chi connectivity index (χ2n) is 6.81. The van der Waals surface area contributed by atoms with Gasteiger partial charge in [-0.3, -0.25) is 14.9 Å². The molecule has 1 N–H and O–H groups in total. The van der Waals surface area contributed by atoms with Gasteiger partial charge in [0, 0.05) is 17.3 Å². The van der Waals surface area contributed by atoms with Gasteiger partial charge in [0.2, 0.25) is 11.6 Å². The number of para-hydroxylation sites is 1. The molecule has 29 heavy (non-hydrogen) atoms. The third-order valence-electron chi connectivity index (χ3n) is 4.41. The summed E-state index contributed by atoms with van der Waals surface area (Å²) < 4.78 is 0. The van der Waals surface area contributed by atoms with E-state index >= 15 is 0 Å². The Balaban J connectivity index is 1.93. The van der Waals surface area contributed by atoms with Crippen LogP contribution in [0.5, 0.6) is 0 Å². The molecular weight excluding hydrogens is 388 g/mol. The molecule has 0 fully saturated rings. The third kappa shape index (κ3) is 5.04. The van der Waals surface area contributed by atoms with E-state index in [1.807, 2.05) is 30.4 Å². The molecule has 0 saturated carbocycles. The molecule has 2 heterocycles. The van der Waals surface area contributed by atoms with Crippen LogP contribution in [0.1, 0.15) is 27.2 Å². The smallest absolute Gasteiger partial charge is 0.314 e. The van der Waals surface area contributed by atoms with Crippen LogP contribution in [0.15, 0.2) is 54.0 Å². The molecule has 3 rings (SSSR count). The maximum absolute atomic E-state index is 12.8. The minimum absolute atomic E-state index is 0.0513. The molecular formula is C21H22N4O3S. The molecule has 7 nitrogen and oxygen atoms in total. The van der Waals surface area contributed by atoms with Crippen molar-refractivity contribution in [1.29, 1.82) is 0 Å². The summed E-state index contributed by atoms with van der Waals surface area (Å²) >= 11 is 1.36. The van der Waals surface area contributed by atoms with Crippen molar-refractivity contribution in [2.75, 3.05) is 26.0 Å². The fourth-order valence-electron chi connectivity index (χ4n) is 3.03. The van der Waals surface area contributed by atoms with Gasteiger partial charge in [0.25, 0.3) is 0 Å². The monoisotopic (exact) mass is 410 g/mol. The molecule has 0 amide bonds. The third-order valence-corrected chi connectivity index (χ3v) is 5.28. The first-order valence-corrected chi connectivity index (χ1v) is 10.1. The molecule has 150 valence electrons. The number of thiophene rings is 1. The number of aryl methyl sites for hydroxylation is 1. The Morgan fingerprint density at radius 3 is 2.69 bits per heavy atom. The van der Waals surface area contributed by atoms with E-state index in [0.717, 1.165) is 13.0 Å². The number of pyridine rings is 1. The van der Waals surface area contributed by atoms with Crippen LogP contribution in [0.4, 0.5) is 17.2 Å². The minimum Gasteiger partial charge on any atom is -0.334 e. The lowest BCUT2D eigenvalue weighted by Crippen LogP contribution is -2.14. The molecule has 0 aliphatic heterocycles. The highest BCUT2D eigenvalue weighted by Crippen LogP contribution is 2.32. The van der Waals surface area contributed by atoms with E-state index in [9.17, 15) is 14.9 Å². The number of aromatic nitrogens is 1. The van der Waals surface area contributed by atoms with E-state index in [2.05, 4.69) is 10.3 Å². The number of nitro groups is 1. The summed E-state index contributed by atoms with van der Waals surface area (Å²) in [5, 5.41) is 16.7. The summed E-state index contributed by atoms with van der Waals surface area (Å²) in [6.45, 7) is 0.834. The van der Waals surface area contributed by atoms with E-state index in [-0.39, 0.29) is 17.3 Å². The topological polar surface area (TPSA) is 88.4 Å². The number of ketones is 1. The second kappa shape index (κ2) is 9.40. The molecule has 0 atom stereocenters. The maximum atomic E-state index is 12.8. The highest BCUT2D eigenvalue weighted by atomic mass is 32.1. The molecule has 1 aromatic carbocycles. The zero-order chi connectivity index (χ0) is 20.8. The summed E-state index contributed by atoms with van der Waals surface area (Å²) in [5.74, 6) is 0.0108. The summed E-state index contributed by atoms with van der Waals surface area (Å²) in [6, 6.07) is 12.2. The number of nitrogens with zero attached hydrogens (tertiary/aromatic N) is 3. The van der Waals surface area contributed by atoms with Crippen LogP contribution in [0.3, 0.4) is 0 Å². The Kier molecular flexibility index (Phi) is 6.69. The average Bonchev–Trinajstić information content (AvgIpc) is 3.22. The highest BCUT2D eigenvalue weighted by molar-refractivity contribution is 7.12. The van der Waals surface area contributed by atoms with Gasteiger partial charge in [-0.2, -0.15) is 0 Å². The fourth-order valence-corrected chi connectivity index (χ4v) is 3.71. The lowest BCUT2D eigenvalue weighted by Gasteiger charge is -2.13. The number of carbonyl (C=O) groups is 1. The molecule has 0 radical (unpaired) electrons. The summed E-state index contributed by atoms with van der Waals surface area (Å²) in [5.41, 5.74) is 1.51. The Morgan fingerprint density at radius 2 is 2.00 bits per heavy atom. The number of rotatable bonds is 9. The minimum atomic E-state index is -0.413. The first kappa shape index (κ1) is 20.6. The van der Waals surface area contributed by atoms with E-state index in [1.54, 1.807) is 42.6 Å². The number of benzene rings is 1. The normalized spacial score (nSPS) is 10.9. The number of hydrogen-bond acceptors (Lipinski definition) is 7. The SMILES string of the molecule is CN(C)CCCc1ccnc(Nc2ccccc2C(=O)c2cccs2)c1[N+](=O)[O-]. The maximum Gasteiger partial charge on any atom is 0.314 e. The van der Waals surface area contributed by atoms with Gasteiger partial charge in [-0.05, 0) is 63.1 Å². The van der Waals surface area contributed by atoms with E-state index < -0.39 is 4.92 Å². The predicted molar refractivity (Wildman–Crippen MR) is 115 cm³/mol. The van der Waals surface area contributed by atoms with Gasteiger partial charge < -0.3 is 10.2 Å². The largest absolute Gasteiger partial charge is 0.334 e. The van der Waals surface area contributed by atoms with E-state index in [1.165, 1.54) is 11.3 Å². The summed E-state index contributed by atoms with van der Waals surface area (Å²) in [7, 11) is 3.94. The van der Waals surface area contributed by atoms with Crippen LogP contribution in [0.25, 0.3) is 0 Å². The molecule has 0 aliphatic rings. The molecule has 0 unspecified atom stereocenters. The average molecular weight is 410 g/mol. The Hall–Kier alpha value is -3.10. The van der Waals surface area contributed by atoms with Crippen LogP contribution >= 0.6 is 11.3 Å². The zero-order valence-corrected chi connectivity index (χ0v) is 17.1. The van der Waals surface area contributed by atoms with Gasteiger partial charge in [-0.1, -0.05) is 18.2 Å². The Labute approximate surface area is 173 Å². The molecule has 0 aliphatic carbocycles. The van der Waals surface area contributed by atoms with Gasteiger partial charge in [0.1, 0.15) is 0 Å². The fraction of sp³-hybridized carbons (Fsp3) is 0.238. The van der Waals surface area contributed by atoms with Crippen molar-refractivity contribution in [2.45, 2.75) is 12.8 Å². The van der Waals surface area contributed by atoms with Gasteiger partial charge in [-0.25, -0.2) is 4.98 Å². The molecule has 0 spiro atoms. The Morgan fingerprint density at radius 1 is 1.21 bits per heavy atom. The lowest BCUT2D eigenvalue weighted by atomic mass is 10.1. The number of anilines is 2. The standard InChI is InChI=1S/C21H22N4O3S/c1-24(2)13-5-7-15-11-12-22-21(19(15)25(27)28)23-17-9-4-3-8-16(17)20(26)18-10-6-14-29-18/h3-4,6,8-12,14H,5,7,13H2,1-2H3,(H,22,23). The Bertz CT molecular complexity index is 1000. The number of carbonyl (C=O) groups excluding carboxylic acids is 1. The van der Waals surface area contributed by atoms with E-state index in [0.29, 0.717) is 28.1 Å². The van der Waals surface area contributed by atoms with Crippen LogP contribution in [0.2, 0.25) is 0 Å². The molecule has 0 saturated heterocycles. The molecule has 2 aromatic heterocycles. The highest BCUT2D eigenvalue weighted by Gasteiger charge is 2.23. The van der Waals surface area contributed by atoms with Crippen molar-refractivity contribution in [3.63, 3.8) is 0 Å². The predicted octanol–water partition coefficient (Wildman–Crippen LogP) is 4.52. The molecule has 3 aromatic rings. The van der Waals surface area contributed by atoms with Gasteiger partial charge in [-0.15, -0.1) is 11.3 Å². The quantitative estimate of drug-likeness (QED) is 0.317. The first-order valence-electron chi connectivity index (χ1n) is 9.18. The first-order chi connectivity index (χ1) is 14.0. The molecule has 0 bridgehead atoms. The van der Waals surface area contributed by atoms with Gasteiger partial charge in [0.15, 0.2) is 0 Å². The number of nitrogens with one attached hydrogen (secondary N) is 1. The van der Waals surface area contributed by atoms with Crippen molar-refractivity contribution < 1.29 is 9.72 Å². The molecule has 8 heteroatoms. The van der Waals surface area contributed by atoms with Crippen molar-refractivity contribution in [2.24, 2.45) is 0 Å². The van der Waals surface area contributed by atoms with Crippen LogP contribution < -0.4 is 5.32 Å². The second-order valence-corrected chi connectivity index (χ2v) is 7.76. The van der Waals surface area contributed by atoms with Crippen LogP contribution in [-0.4, -0.2) is 41.2 Å². The van der Waals surface area contributed by atoms with Crippen molar-refractivity contribution in [1.82, 2.24) is 9.88 Å². The van der Waals surface area contributed by atoms with Crippen molar-refractivity contribution >= 4 is 34.3 Å². The van der Waals surface area contributed by atoms with Gasteiger partial charge >= 0.3 is 5.69 Å². The zero-order valence-electron chi connectivity index (χ0n) is 16.3. The van der Waals surface area contributed by atoms with Crippen LogP contribution in [0, 0.1) is 10.1 Å². The summed E-state index contributed by atoms with van der Waals surface area (Å²) in [6.07, 6.45) is 2.93. The van der Waals surface area contributed by atoms with E-state index in [4.69, 9.17) is 0 Å².